The van der Waals surface area contributed by atoms with E-state index in [0.717, 1.165) is 108 Å². The summed E-state index contributed by atoms with van der Waals surface area (Å²) in [7, 11) is -9.89. The van der Waals surface area contributed by atoms with Crippen molar-refractivity contribution in [3.05, 3.63) is 0 Å². The fraction of sp³-hybridized carbons (Fsp3) is 0.937. The molecule has 0 aromatic rings. The molecule has 0 amide bonds. The molecule has 0 radical (unpaired) electrons. The Morgan fingerprint density at radius 2 is 0.512 bits per heavy atom. The highest BCUT2D eigenvalue weighted by molar-refractivity contribution is 7.47. The number of carbonyl (C=O) groups excluding carboxylic acids is 4. The summed E-state index contributed by atoms with van der Waals surface area (Å²) in [4.78, 5) is 72.1. The van der Waals surface area contributed by atoms with E-state index in [1.807, 2.05) is 0 Å². The van der Waals surface area contributed by atoms with Gasteiger partial charge in [-0.1, -0.05) is 248 Å². The van der Waals surface area contributed by atoms with Gasteiger partial charge >= 0.3 is 39.5 Å². The summed E-state index contributed by atoms with van der Waals surface area (Å²) < 4.78 is 67.9. The second-order valence-electron chi connectivity index (χ2n) is 24.7. The Kier molecular flexibility index (Phi) is 52.0. The van der Waals surface area contributed by atoms with E-state index >= 15 is 0 Å². The largest absolute Gasteiger partial charge is 0.472 e. The summed E-state index contributed by atoms with van der Waals surface area (Å²) in [5.74, 6) is 0.681. The molecule has 0 aliphatic heterocycles. The number of phosphoric ester groups is 2. The fourth-order valence-electron chi connectivity index (χ4n) is 9.25. The minimum Gasteiger partial charge on any atom is -0.462 e. The van der Waals surface area contributed by atoms with Crippen molar-refractivity contribution in [2.75, 3.05) is 39.6 Å². The minimum absolute atomic E-state index is 0.101. The van der Waals surface area contributed by atoms with Crippen LogP contribution in [0.25, 0.3) is 0 Å². The van der Waals surface area contributed by atoms with Gasteiger partial charge in [0.1, 0.15) is 19.3 Å². The molecule has 0 aliphatic carbocycles. The maximum atomic E-state index is 13.0. The summed E-state index contributed by atoms with van der Waals surface area (Å²) in [5, 5.41) is 10.5. The number of carbonyl (C=O) groups is 4. The molecule has 0 aromatic carbocycles. The molecule has 0 aliphatic rings. The van der Waals surface area contributed by atoms with Crippen molar-refractivity contribution in [3.8, 4) is 0 Å². The van der Waals surface area contributed by atoms with Crippen LogP contribution in [-0.2, 0) is 65.4 Å². The molecule has 82 heavy (non-hydrogen) atoms. The van der Waals surface area contributed by atoms with Crippen molar-refractivity contribution < 1.29 is 80.2 Å². The molecule has 0 rings (SSSR count). The molecule has 2 unspecified atom stereocenters. The lowest BCUT2D eigenvalue weighted by Gasteiger charge is -2.21. The summed E-state index contributed by atoms with van der Waals surface area (Å²) >= 11 is 0. The van der Waals surface area contributed by atoms with Gasteiger partial charge in [0, 0.05) is 25.7 Å². The SMILES string of the molecule is CC(C)CCCCCCCCCCCCC(=O)O[C@H](COC(=O)CCCCCCCCC(C)C)COP(=O)(O)OC[C@H](O)COP(=O)(O)OC[C@@H](COC(=O)CCCCCCCCCCC(C)C)OC(=O)CCCCCCCCC(C)C. The molecule has 0 saturated carbocycles. The Morgan fingerprint density at radius 1 is 0.305 bits per heavy atom. The first-order valence-corrected chi connectivity index (χ1v) is 35.7. The maximum Gasteiger partial charge on any atom is 0.472 e. The number of ether oxygens (including phenoxy) is 4. The zero-order valence-corrected chi connectivity index (χ0v) is 54.9. The predicted molar refractivity (Wildman–Crippen MR) is 326 cm³/mol. The highest BCUT2D eigenvalue weighted by Crippen LogP contribution is 2.45. The van der Waals surface area contributed by atoms with Crippen LogP contribution in [0.4, 0.5) is 0 Å². The molecule has 3 N–H and O–H groups in total. The lowest BCUT2D eigenvalue weighted by atomic mass is 10.0. The van der Waals surface area contributed by atoms with E-state index in [9.17, 15) is 43.2 Å². The molecule has 5 atom stereocenters. The van der Waals surface area contributed by atoms with Crippen molar-refractivity contribution in [2.24, 2.45) is 23.7 Å². The van der Waals surface area contributed by atoms with Gasteiger partial charge in [-0.15, -0.1) is 0 Å². The smallest absolute Gasteiger partial charge is 0.462 e. The van der Waals surface area contributed by atoms with Crippen LogP contribution in [0, 0.1) is 23.7 Å². The second kappa shape index (κ2) is 53.3. The van der Waals surface area contributed by atoms with E-state index in [2.05, 4.69) is 55.4 Å². The van der Waals surface area contributed by atoms with Gasteiger partial charge in [-0.2, -0.15) is 0 Å². The molecular formula is C63H122O17P2. The Bertz CT molecular complexity index is 1640. The molecule has 0 fully saturated rings. The zero-order valence-electron chi connectivity index (χ0n) is 53.1. The first-order chi connectivity index (χ1) is 39.1. The molecule has 0 saturated heterocycles. The molecule has 0 heterocycles. The Hall–Kier alpha value is -1.94. The third-order valence-corrected chi connectivity index (χ3v) is 16.2. The van der Waals surface area contributed by atoms with Crippen LogP contribution in [0.3, 0.4) is 0 Å². The van der Waals surface area contributed by atoms with Crippen LogP contribution < -0.4 is 0 Å². The molecule has 0 spiro atoms. The van der Waals surface area contributed by atoms with Gasteiger partial charge in [0.25, 0.3) is 0 Å². The maximum absolute atomic E-state index is 13.0. The van der Waals surface area contributed by atoms with Gasteiger partial charge in [-0.3, -0.25) is 37.3 Å². The van der Waals surface area contributed by atoms with Gasteiger partial charge in [-0.25, -0.2) is 9.13 Å². The number of hydrogen-bond donors (Lipinski definition) is 3. The van der Waals surface area contributed by atoms with Gasteiger partial charge in [-0.05, 0) is 49.4 Å². The van der Waals surface area contributed by atoms with E-state index in [1.165, 1.54) is 96.3 Å². The standard InChI is InChI=1S/C63H122O17P2/c1-53(2)39-31-23-15-11-9-10-12-18-29-37-45-62(67)79-58(50-74-61(66)44-36-28-21-19-25-33-41-55(5)6)51-77-81(69,70)75-47-57(64)48-76-82(71,72)78-52-59(80-63(68)46-38-30-22-20-26-34-42-56(7)8)49-73-60(65)43-35-27-17-14-13-16-24-32-40-54(3)4/h53-59,64H,9-52H2,1-8H3,(H,69,70)(H,71,72)/t57-,58+,59+/m0/s1. The van der Waals surface area contributed by atoms with Crippen LogP contribution in [0.5, 0.6) is 0 Å². The first-order valence-electron chi connectivity index (χ1n) is 32.7. The van der Waals surface area contributed by atoms with E-state index in [0.29, 0.717) is 37.5 Å². The number of hydrogen-bond acceptors (Lipinski definition) is 15. The van der Waals surface area contributed by atoms with Gasteiger partial charge in [0.15, 0.2) is 12.2 Å². The first kappa shape index (κ1) is 80.1. The zero-order chi connectivity index (χ0) is 61.1. The number of esters is 4. The van der Waals surface area contributed by atoms with Crippen molar-refractivity contribution in [2.45, 2.75) is 318 Å². The Labute approximate surface area is 498 Å². The summed E-state index contributed by atoms with van der Waals surface area (Å²) in [5.41, 5.74) is 0. The topological polar surface area (TPSA) is 237 Å². The third kappa shape index (κ3) is 57.2. The average molecular weight is 1210 g/mol. The van der Waals surface area contributed by atoms with E-state index in [1.54, 1.807) is 0 Å². The number of aliphatic hydroxyl groups is 1. The number of aliphatic hydroxyl groups excluding tert-OH is 1. The molecule has 0 bridgehead atoms. The van der Waals surface area contributed by atoms with Gasteiger partial charge in [0.05, 0.1) is 26.4 Å². The third-order valence-electron chi connectivity index (χ3n) is 14.3. The van der Waals surface area contributed by atoms with Crippen LogP contribution in [-0.4, -0.2) is 96.7 Å². The average Bonchev–Trinajstić information content (AvgIpc) is 3.43. The Balaban J connectivity index is 5.23. The quantitative estimate of drug-likeness (QED) is 0.0222. The van der Waals surface area contributed by atoms with Crippen molar-refractivity contribution in [3.63, 3.8) is 0 Å². The number of phosphoric acid groups is 2. The summed E-state index contributed by atoms with van der Waals surface area (Å²) in [6.07, 6.45) is 32.4. The van der Waals surface area contributed by atoms with Crippen LogP contribution in [0.15, 0.2) is 0 Å². The number of rotatable bonds is 60. The van der Waals surface area contributed by atoms with Crippen LogP contribution in [0.1, 0.15) is 299 Å². The van der Waals surface area contributed by atoms with Crippen LogP contribution in [0.2, 0.25) is 0 Å². The lowest BCUT2D eigenvalue weighted by Crippen LogP contribution is -2.30. The molecule has 19 heteroatoms. The molecule has 486 valence electrons. The highest BCUT2D eigenvalue weighted by atomic mass is 31.2. The van der Waals surface area contributed by atoms with Crippen molar-refractivity contribution in [1.29, 1.82) is 0 Å². The monoisotopic (exact) mass is 1210 g/mol. The van der Waals surface area contributed by atoms with Crippen LogP contribution >= 0.6 is 15.6 Å². The van der Waals surface area contributed by atoms with E-state index < -0.39 is 97.5 Å². The van der Waals surface area contributed by atoms with E-state index in [4.69, 9.17) is 37.0 Å². The van der Waals surface area contributed by atoms with Crippen molar-refractivity contribution in [1.82, 2.24) is 0 Å². The minimum atomic E-state index is -4.94. The van der Waals surface area contributed by atoms with E-state index in [-0.39, 0.29) is 25.7 Å². The number of unbranched alkanes of at least 4 members (excludes halogenated alkanes) is 26. The highest BCUT2D eigenvalue weighted by Gasteiger charge is 2.30. The van der Waals surface area contributed by atoms with Crippen molar-refractivity contribution >= 4 is 39.5 Å². The summed E-state index contributed by atoms with van der Waals surface area (Å²) in [6.45, 7) is 13.9. The fourth-order valence-corrected chi connectivity index (χ4v) is 10.8. The molecule has 17 nitrogen and oxygen atoms in total. The lowest BCUT2D eigenvalue weighted by molar-refractivity contribution is -0.161. The second-order valence-corrected chi connectivity index (χ2v) is 27.6. The normalized spacial score (nSPS) is 14.5. The predicted octanol–water partition coefficient (Wildman–Crippen LogP) is 17.0. The molecular weight excluding hydrogens is 1090 g/mol. The summed E-state index contributed by atoms with van der Waals surface area (Å²) in [6, 6.07) is 0. The van der Waals surface area contributed by atoms with Gasteiger partial charge in [0.2, 0.25) is 0 Å². The molecule has 0 aromatic heterocycles. The Morgan fingerprint density at radius 3 is 0.756 bits per heavy atom. The van der Waals surface area contributed by atoms with Gasteiger partial charge < -0.3 is 33.8 Å².